The van der Waals surface area contributed by atoms with Crippen LogP contribution in [0.4, 0.5) is 0 Å². The number of benzene rings is 7. The first-order valence-corrected chi connectivity index (χ1v) is 15.1. The highest BCUT2D eigenvalue weighted by atomic mass is 14.9. The van der Waals surface area contributed by atoms with Crippen LogP contribution in [0, 0.1) is 23.7 Å². The van der Waals surface area contributed by atoms with Gasteiger partial charge in [0.2, 0.25) is 0 Å². The second-order valence-electron chi connectivity index (χ2n) is 10.9. The van der Waals surface area contributed by atoms with E-state index in [0.717, 1.165) is 22.3 Å². The van der Waals surface area contributed by atoms with E-state index in [4.69, 9.17) is 16.4 Å². The van der Waals surface area contributed by atoms with Crippen LogP contribution in [0.2, 0.25) is 0 Å². The molecule has 0 aliphatic heterocycles. The lowest BCUT2D eigenvalue weighted by atomic mass is 9.88. The summed E-state index contributed by atoms with van der Waals surface area (Å²) < 4.78 is 0. The third-order valence-corrected chi connectivity index (χ3v) is 8.04. The second kappa shape index (κ2) is 13.5. The Bertz CT molecular complexity index is 2230. The predicted molar refractivity (Wildman–Crippen MR) is 192 cm³/mol. The molecule has 3 N–H and O–H groups in total. The Kier molecular flexibility index (Phi) is 8.76. The SMILES string of the molecule is Cc1c(-c2ccc(-c3cccc(C#N)c3)cc2)c2ccccc2c2ccccc12.N=C(N=C(N)c1ccccc1)c1ccccc1. The van der Waals surface area contributed by atoms with Gasteiger partial charge in [-0.1, -0.05) is 146 Å². The van der Waals surface area contributed by atoms with Crippen molar-refractivity contribution in [2.45, 2.75) is 6.92 Å². The Morgan fingerprint density at radius 1 is 0.565 bits per heavy atom. The van der Waals surface area contributed by atoms with E-state index in [1.54, 1.807) is 0 Å². The number of nitrogens with two attached hydrogens (primary N) is 1. The summed E-state index contributed by atoms with van der Waals surface area (Å²) in [6.45, 7) is 2.22. The highest BCUT2D eigenvalue weighted by molar-refractivity contribution is 6.15. The maximum atomic E-state index is 9.17. The minimum atomic E-state index is 0.173. The lowest BCUT2D eigenvalue weighted by Gasteiger charge is -2.16. The molecule has 0 aromatic heterocycles. The number of nitrogens with one attached hydrogen (secondary N) is 1. The molecule has 0 atom stereocenters. The van der Waals surface area contributed by atoms with Gasteiger partial charge in [-0.2, -0.15) is 5.26 Å². The van der Waals surface area contributed by atoms with E-state index in [0.29, 0.717) is 11.4 Å². The van der Waals surface area contributed by atoms with Crippen LogP contribution in [0.25, 0.3) is 43.8 Å². The molecule has 0 unspecified atom stereocenters. The number of hydrogen-bond acceptors (Lipinski definition) is 2. The van der Waals surface area contributed by atoms with Gasteiger partial charge in [-0.05, 0) is 68.4 Å². The molecule has 7 aromatic rings. The van der Waals surface area contributed by atoms with Crippen molar-refractivity contribution in [3.8, 4) is 28.3 Å². The van der Waals surface area contributed by atoms with Gasteiger partial charge in [-0.15, -0.1) is 0 Å². The molecule has 7 aromatic carbocycles. The predicted octanol–water partition coefficient (Wildman–Crippen LogP) is 9.92. The Morgan fingerprint density at radius 3 is 1.72 bits per heavy atom. The monoisotopic (exact) mass is 592 g/mol. The minimum Gasteiger partial charge on any atom is -0.383 e. The van der Waals surface area contributed by atoms with Gasteiger partial charge < -0.3 is 5.73 Å². The maximum absolute atomic E-state index is 9.17. The summed E-state index contributed by atoms with van der Waals surface area (Å²) >= 11 is 0. The molecule has 0 radical (unpaired) electrons. The number of aryl methyl sites for hydroxylation is 1. The zero-order valence-corrected chi connectivity index (χ0v) is 25.5. The molecule has 0 bridgehead atoms. The second-order valence-corrected chi connectivity index (χ2v) is 10.9. The third-order valence-electron chi connectivity index (χ3n) is 8.04. The molecule has 7 rings (SSSR count). The van der Waals surface area contributed by atoms with Gasteiger partial charge in [0, 0.05) is 11.1 Å². The minimum absolute atomic E-state index is 0.173. The standard InChI is InChI=1S/C28H19N.C14H13N3/c1-19-24-9-2-3-10-25(24)26-11-4-5-12-27(26)28(19)22-15-13-21(14-16-22)23-8-6-7-20(17-23)18-29;15-13(11-7-3-1-4-8-11)17-14(16)12-9-5-2-6-10-12/h2-17H,1H3;1-10H,(H3,15,16,17). The van der Waals surface area contributed by atoms with Gasteiger partial charge in [-0.3, -0.25) is 5.41 Å². The summed E-state index contributed by atoms with van der Waals surface area (Å²) in [7, 11) is 0. The number of fused-ring (bicyclic) bond motifs is 3. The van der Waals surface area contributed by atoms with E-state index in [1.807, 2.05) is 84.9 Å². The van der Waals surface area contributed by atoms with E-state index in [9.17, 15) is 0 Å². The molecule has 0 fully saturated rings. The number of hydrogen-bond donors (Lipinski definition) is 2. The van der Waals surface area contributed by atoms with Crippen molar-refractivity contribution in [3.63, 3.8) is 0 Å². The fourth-order valence-corrected chi connectivity index (χ4v) is 5.74. The number of nitrogens with zero attached hydrogens (tertiary/aromatic N) is 2. The summed E-state index contributed by atoms with van der Waals surface area (Å²) in [4.78, 5) is 4.10. The van der Waals surface area contributed by atoms with Crippen molar-refractivity contribution >= 4 is 33.2 Å². The molecule has 0 heterocycles. The Balaban J connectivity index is 0.000000187. The van der Waals surface area contributed by atoms with Crippen LogP contribution in [-0.4, -0.2) is 11.7 Å². The molecule has 0 aliphatic rings. The molecule has 220 valence electrons. The normalized spacial score (nSPS) is 11.0. The van der Waals surface area contributed by atoms with Crippen LogP contribution in [0.1, 0.15) is 22.3 Å². The molecule has 0 saturated carbocycles. The summed E-state index contributed by atoms with van der Waals surface area (Å²) in [6.07, 6.45) is 0. The number of rotatable bonds is 4. The average Bonchev–Trinajstić information content (AvgIpc) is 3.13. The summed E-state index contributed by atoms with van der Waals surface area (Å²) in [5, 5.41) is 22.2. The molecular formula is C42H32N4. The van der Waals surface area contributed by atoms with Crippen LogP contribution in [0.5, 0.6) is 0 Å². The molecule has 46 heavy (non-hydrogen) atoms. The third kappa shape index (κ3) is 6.31. The van der Waals surface area contributed by atoms with Crippen molar-refractivity contribution in [3.05, 3.63) is 180 Å². The van der Waals surface area contributed by atoms with Gasteiger partial charge >= 0.3 is 0 Å². The molecule has 0 spiro atoms. The summed E-state index contributed by atoms with van der Waals surface area (Å²) in [5.41, 5.74) is 14.1. The van der Waals surface area contributed by atoms with Crippen molar-refractivity contribution in [1.82, 2.24) is 0 Å². The quantitative estimate of drug-likeness (QED) is 0.121. The van der Waals surface area contributed by atoms with E-state index >= 15 is 0 Å². The van der Waals surface area contributed by atoms with Crippen molar-refractivity contribution < 1.29 is 0 Å². The van der Waals surface area contributed by atoms with Crippen LogP contribution >= 0.6 is 0 Å². The van der Waals surface area contributed by atoms with E-state index in [-0.39, 0.29) is 5.84 Å². The van der Waals surface area contributed by atoms with E-state index in [1.165, 1.54) is 38.2 Å². The molecular weight excluding hydrogens is 560 g/mol. The topological polar surface area (TPSA) is 86.0 Å². The Labute approximate surface area is 269 Å². The molecule has 0 saturated heterocycles. The van der Waals surface area contributed by atoms with Crippen molar-refractivity contribution in [1.29, 1.82) is 10.7 Å². The number of amidine groups is 2. The fourth-order valence-electron chi connectivity index (χ4n) is 5.74. The first-order valence-electron chi connectivity index (χ1n) is 15.1. The van der Waals surface area contributed by atoms with Crippen molar-refractivity contribution in [2.24, 2.45) is 10.7 Å². The van der Waals surface area contributed by atoms with Gasteiger partial charge in [0.1, 0.15) is 5.84 Å². The molecule has 0 aliphatic carbocycles. The number of nitriles is 1. The molecule has 4 nitrogen and oxygen atoms in total. The highest BCUT2D eigenvalue weighted by Crippen LogP contribution is 2.39. The molecule has 0 amide bonds. The van der Waals surface area contributed by atoms with Gasteiger partial charge in [0.05, 0.1) is 11.6 Å². The van der Waals surface area contributed by atoms with Crippen molar-refractivity contribution in [2.75, 3.05) is 0 Å². The first-order chi connectivity index (χ1) is 22.5. The van der Waals surface area contributed by atoms with Gasteiger partial charge in [-0.25, -0.2) is 4.99 Å². The van der Waals surface area contributed by atoms with E-state index in [2.05, 4.69) is 90.8 Å². The number of aliphatic imine (C=N–C) groups is 1. The largest absolute Gasteiger partial charge is 0.383 e. The Morgan fingerprint density at radius 2 is 1.09 bits per heavy atom. The summed E-state index contributed by atoms with van der Waals surface area (Å²) in [6, 6.07) is 54.7. The lowest BCUT2D eigenvalue weighted by Crippen LogP contribution is -2.15. The van der Waals surface area contributed by atoms with Gasteiger partial charge in [0.15, 0.2) is 5.84 Å². The lowest BCUT2D eigenvalue weighted by molar-refractivity contribution is 1.40. The summed E-state index contributed by atoms with van der Waals surface area (Å²) in [5.74, 6) is 0.534. The van der Waals surface area contributed by atoms with Crippen LogP contribution in [-0.2, 0) is 0 Å². The average molecular weight is 593 g/mol. The maximum Gasteiger partial charge on any atom is 0.154 e. The van der Waals surface area contributed by atoms with Crippen LogP contribution in [0.3, 0.4) is 0 Å². The van der Waals surface area contributed by atoms with E-state index < -0.39 is 0 Å². The highest BCUT2D eigenvalue weighted by Gasteiger charge is 2.13. The fraction of sp³-hybridized carbons (Fsp3) is 0.0238. The smallest absolute Gasteiger partial charge is 0.154 e. The Hall–Kier alpha value is -6.31. The van der Waals surface area contributed by atoms with Crippen LogP contribution in [0.15, 0.2) is 163 Å². The zero-order valence-electron chi connectivity index (χ0n) is 25.5. The van der Waals surface area contributed by atoms with Crippen LogP contribution < -0.4 is 5.73 Å². The zero-order chi connectivity index (χ0) is 31.9. The molecule has 4 heteroatoms. The van der Waals surface area contributed by atoms with Gasteiger partial charge in [0.25, 0.3) is 0 Å². The first kappa shape index (κ1) is 29.7.